The molecule has 1 aliphatic heterocycles. The van der Waals surface area contributed by atoms with Gasteiger partial charge in [0.05, 0.1) is 13.7 Å². The van der Waals surface area contributed by atoms with Gasteiger partial charge in [0.15, 0.2) is 40.1 Å². The van der Waals surface area contributed by atoms with Gasteiger partial charge in [-0.3, -0.25) is 9.59 Å². The minimum atomic E-state index is -0.553. The van der Waals surface area contributed by atoms with Gasteiger partial charge < -0.3 is 31.7 Å². The average Bonchev–Trinajstić information content (AvgIpc) is 3.22. The van der Waals surface area contributed by atoms with Crippen molar-refractivity contribution in [3.8, 4) is 5.75 Å². The number of methoxy groups -OCH3 is 1. The summed E-state index contributed by atoms with van der Waals surface area (Å²) in [4.78, 5) is 35.7. The van der Waals surface area contributed by atoms with E-state index in [1.165, 1.54) is 6.38 Å². The topological polar surface area (TPSA) is 157 Å². The number of halogens is 2. The average molecular weight is 553 g/mol. The third kappa shape index (κ3) is 6.14. The summed E-state index contributed by atoms with van der Waals surface area (Å²) in [6, 6.07) is 5.68. The van der Waals surface area contributed by atoms with Crippen LogP contribution in [-0.4, -0.2) is 70.9 Å². The number of nitrogens with zero attached hydrogens (tertiary/aromatic N) is 5. The van der Waals surface area contributed by atoms with Gasteiger partial charge in [0.2, 0.25) is 0 Å². The zero-order chi connectivity index (χ0) is 27.1. The molecule has 200 valence electrons. The van der Waals surface area contributed by atoms with Gasteiger partial charge in [-0.2, -0.15) is 0 Å². The molecule has 0 unspecified atom stereocenters. The second-order valence-corrected chi connectivity index (χ2v) is 8.41. The van der Waals surface area contributed by atoms with Crippen molar-refractivity contribution in [2.24, 2.45) is 0 Å². The van der Waals surface area contributed by atoms with Crippen molar-refractivity contribution >= 4 is 57.7 Å². The summed E-state index contributed by atoms with van der Waals surface area (Å²) in [6.45, 7) is 5.69. The molecule has 0 saturated carbocycles. The fourth-order valence-corrected chi connectivity index (χ4v) is 4.35. The molecule has 3 heterocycles. The fraction of sp³-hybridized carbons (Fsp3) is 0.435. The largest absolute Gasteiger partial charge is 0.497 e. The van der Waals surface area contributed by atoms with Crippen LogP contribution in [0.25, 0.3) is 11.0 Å². The Kier molecular flexibility index (Phi) is 9.73. The van der Waals surface area contributed by atoms with Gasteiger partial charge in [-0.15, -0.1) is 11.6 Å². The number of ether oxygens (including phenoxy) is 1. The number of rotatable bonds is 7. The Balaban J connectivity index is 0.00000186. The van der Waals surface area contributed by atoms with E-state index in [0.717, 1.165) is 29.9 Å². The Morgan fingerprint density at radius 2 is 1.89 bits per heavy atom. The van der Waals surface area contributed by atoms with Gasteiger partial charge in [-0.25, -0.2) is 19.1 Å². The van der Waals surface area contributed by atoms with E-state index in [1.54, 1.807) is 7.11 Å². The number of hydrogen-bond acceptors (Lipinski definition) is 8. The maximum absolute atomic E-state index is 13.2. The van der Waals surface area contributed by atoms with Crippen molar-refractivity contribution in [1.82, 2.24) is 30.1 Å². The van der Waals surface area contributed by atoms with Gasteiger partial charge >= 0.3 is 0 Å². The van der Waals surface area contributed by atoms with Gasteiger partial charge in [-0.05, 0) is 19.1 Å². The highest BCUT2D eigenvalue weighted by Crippen LogP contribution is 2.22. The number of hydrogen-bond donors (Lipinski definition) is 4. The van der Waals surface area contributed by atoms with Crippen LogP contribution in [0.5, 0.6) is 5.75 Å². The zero-order valence-corrected chi connectivity index (χ0v) is 22.6. The lowest BCUT2D eigenvalue weighted by Gasteiger charge is -2.26. The van der Waals surface area contributed by atoms with Crippen LogP contribution in [0.4, 0.5) is 11.6 Å². The summed E-state index contributed by atoms with van der Waals surface area (Å²) in [5, 5.41) is 5.99. The number of carbonyl (C=O) groups excluding carboxylic acids is 2. The SMILES string of the molecule is CCl.CCn1c(CNC(=O)c2nc(Cl)c(N)nc2N)[n+](CC(=O)N2CCNCC2)c2ccc(OC)cc21. The molecule has 0 radical (unpaired) electrons. The lowest BCUT2D eigenvalue weighted by molar-refractivity contribution is -0.668. The quantitative estimate of drug-likeness (QED) is 0.247. The van der Waals surface area contributed by atoms with E-state index in [2.05, 4.69) is 32.2 Å². The van der Waals surface area contributed by atoms with Crippen LogP contribution >= 0.6 is 23.2 Å². The number of aromatic nitrogens is 4. The summed E-state index contributed by atoms with van der Waals surface area (Å²) in [6.07, 6.45) is 1.47. The molecular weight excluding hydrogens is 521 g/mol. The number of fused-ring (bicyclic) bond motifs is 1. The highest BCUT2D eigenvalue weighted by atomic mass is 35.5. The summed E-state index contributed by atoms with van der Waals surface area (Å²) < 4.78 is 9.37. The van der Waals surface area contributed by atoms with Gasteiger partial charge in [0.1, 0.15) is 12.3 Å². The molecule has 1 fully saturated rings. The predicted molar refractivity (Wildman–Crippen MR) is 143 cm³/mol. The Morgan fingerprint density at radius 1 is 1.19 bits per heavy atom. The maximum atomic E-state index is 13.2. The van der Waals surface area contributed by atoms with E-state index in [0.29, 0.717) is 25.4 Å². The third-order valence-corrected chi connectivity index (χ3v) is 6.27. The van der Waals surface area contributed by atoms with Crippen molar-refractivity contribution in [3.63, 3.8) is 0 Å². The molecular formula is C23H32Cl2N9O3+. The molecule has 0 atom stereocenters. The van der Waals surface area contributed by atoms with E-state index < -0.39 is 5.91 Å². The number of anilines is 2. The Morgan fingerprint density at radius 3 is 2.54 bits per heavy atom. The first-order valence-electron chi connectivity index (χ1n) is 11.7. The van der Waals surface area contributed by atoms with Gasteiger partial charge in [0, 0.05) is 38.6 Å². The second-order valence-electron chi connectivity index (χ2n) is 8.05. The highest BCUT2D eigenvalue weighted by Gasteiger charge is 2.29. The summed E-state index contributed by atoms with van der Waals surface area (Å²) in [7, 11) is 1.60. The summed E-state index contributed by atoms with van der Waals surface area (Å²) >= 11 is 10.6. The Hall–Kier alpha value is -3.35. The van der Waals surface area contributed by atoms with Crippen LogP contribution in [0, 0.1) is 0 Å². The normalized spacial score (nSPS) is 13.2. The van der Waals surface area contributed by atoms with Crippen LogP contribution in [-0.2, 0) is 24.4 Å². The lowest BCUT2D eigenvalue weighted by atomic mass is 10.3. The second kappa shape index (κ2) is 12.7. The smallest absolute Gasteiger partial charge is 0.277 e. The Labute approximate surface area is 224 Å². The predicted octanol–water partition coefficient (Wildman–Crippen LogP) is 0.782. The standard InChI is InChI=1S/C22H28ClN9O3.CH3Cl/c1-3-31-15-10-13(35-2)4-5-14(15)32(12-17(33)30-8-6-26-7-9-30)16(31)11-27-22(34)18-20(24)29-21(25)19(23)28-18;1-2/h4-5,10,26H,3,6-9,11-12H2,1-2H3,(H4-,24,25,27,29,34);1H3/p+1. The van der Waals surface area contributed by atoms with E-state index in [-0.39, 0.29) is 41.5 Å². The molecule has 1 saturated heterocycles. The van der Waals surface area contributed by atoms with E-state index in [1.807, 2.05) is 39.2 Å². The first-order chi connectivity index (χ1) is 17.8. The van der Waals surface area contributed by atoms with Crippen LogP contribution in [0.15, 0.2) is 18.2 Å². The molecule has 0 bridgehead atoms. The number of nitrogens with one attached hydrogen (secondary N) is 2. The van der Waals surface area contributed by atoms with Crippen molar-refractivity contribution in [3.05, 3.63) is 34.9 Å². The lowest BCUT2D eigenvalue weighted by Crippen LogP contribution is -2.52. The Bertz CT molecular complexity index is 1280. The van der Waals surface area contributed by atoms with E-state index in [4.69, 9.17) is 27.8 Å². The number of aryl methyl sites for hydroxylation is 1. The van der Waals surface area contributed by atoms with Crippen molar-refractivity contribution < 1.29 is 18.9 Å². The number of amides is 2. The third-order valence-electron chi connectivity index (χ3n) is 5.99. The van der Waals surface area contributed by atoms with Crippen molar-refractivity contribution in [2.75, 3.05) is 51.1 Å². The maximum Gasteiger partial charge on any atom is 0.277 e. The number of benzene rings is 1. The molecule has 0 spiro atoms. The molecule has 1 aliphatic rings. The molecule has 6 N–H and O–H groups in total. The molecule has 1 aromatic carbocycles. The number of alkyl halides is 1. The molecule has 2 amide bonds. The molecule has 14 heteroatoms. The van der Waals surface area contributed by atoms with Crippen LogP contribution < -0.4 is 31.4 Å². The zero-order valence-electron chi connectivity index (χ0n) is 21.1. The molecule has 4 rings (SSSR count). The molecule has 12 nitrogen and oxygen atoms in total. The number of carbonyl (C=O) groups is 2. The van der Waals surface area contributed by atoms with Crippen molar-refractivity contribution in [1.29, 1.82) is 0 Å². The number of piperazine rings is 1. The summed E-state index contributed by atoms with van der Waals surface area (Å²) in [5.74, 6) is 0.718. The molecule has 37 heavy (non-hydrogen) atoms. The van der Waals surface area contributed by atoms with Crippen LogP contribution in [0.2, 0.25) is 5.15 Å². The van der Waals surface area contributed by atoms with Gasteiger partial charge in [0.25, 0.3) is 17.6 Å². The number of nitrogen functional groups attached to an aromatic ring is 2. The summed E-state index contributed by atoms with van der Waals surface area (Å²) in [5.41, 5.74) is 13.1. The van der Waals surface area contributed by atoms with E-state index >= 15 is 0 Å². The highest BCUT2D eigenvalue weighted by molar-refractivity contribution is 6.31. The first-order valence-corrected chi connectivity index (χ1v) is 12.8. The molecule has 3 aromatic rings. The minimum Gasteiger partial charge on any atom is -0.497 e. The van der Waals surface area contributed by atoms with E-state index in [9.17, 15) is 9.59 Å². The number of imidazole rings is 1. The monoisotopic (exact) mass is 552 g/mol. The fourth-order valence-electron chi connectivity index (χ4n) is 4.22. The van der Waals surface area contributed by atoms with Crippen molar-refractivity contribution in [2.45, 2.75) is 26.6 Å². The molecule has 2 aromatic heterocycles. The van der Waals surface area contributed by atoms with Crippen LogP contribution in [0.1, 0.15) is 23.2 Å². The molecule has 0 aliphatic carbocycles. The van der Waals surface area contributed by atoms with Gasteiger partial charge in [-0.1, -0.05) is 11.6 Å². The van der Waals surface area contributed by atoms with Crippen LogP contribution in [0.3, 0.4) is 0 Å². The first kappa shape index (κ1) is 28.2. The number of nitrogens with two attached hydrogens (primary N) is 2. The minimum absolute atomic E-state index is 0.00970.